The molecule has 4 rings (SSSR count). The average Bonchev–Trinajstić information content (AvgIpc) is 3.01. The fourth-order valence-electron chi connectivity index (χ4n) is 2.52. The Morgan fingerprint density at radius 3 is 3.05 bits per heavy atom. The quantitative estimate of drug-likeness (QED) is 0.778. The van der Waals surface area contributed by atoms with Crippen molar-refractivity contribution in [2.24, 2.45) is 0 Å². The van der Waals surface area contributed by atoms with Crippen molar-refractivity contribution in [2.45, 2.75) is 32.0 Å². The van der Waals surface area contributed by atoms with Crippen molar-refractivity contribution >= 4 is 22.2 Å². The third-order valence-corrected chi connectivity index (χ3v) is 4.46. The summed E-state index contributed by atoms with van der Waals surface area (Å²) in [4.78, 5) is 4.37. The first-order valence-electron chi connectivity index (χ1n) is 7.07. The Morgan fingerprint density at radius 1 is 1.30 bits per heavy atom. The molecule has 1 aliphatic rings. The first-order chi connectivity index (χ1) is 9.88. The van der Waals surface area contributed by atoms with Gasteiger partial charge in [-0.05, 0) is 35.9 Å². The molecule has 1 fully saturated rings. The number of hydrogen-bond acceptors (Lipinski definition) is 3. The zero-order valence-corrected chi connectivity index (χ0v) is 12.1. The second-order valence-electron chi connectivity index (χ2n) is 5.47. The summed E-state index contributed by atoms with van der Waals surface area (Å²) in [5, 5.41) is 6.99. The van der Waals surface area contributed by atoms with Crippen LogP contribution in [0.25, 0.3) is 10.9 Å². The number of aromatic nitrogens is 2. The smallest absolute Gasteiger partial charge is 0.0795 e. The van der Waals surface area contributed by atoms with E-state index in [1.165, 1.54) is 29.3 Å². The zero-order chi connectivity index (χ0) is 13.4. The highest BCUT2D eigenvalue weighted by Crippen LogP contribution is 2.22. The Labute approximate surface area is 122 Å². The predicted molar refractivity (Wildman–Crippen MR) is 83.0 cm³/mol. The maximum Gasteiger partial charge on any atom is 0.0795 e. The summed E-state index contributed by atoms with van der Waals surface area (Å²) < 4.78 is 2.28. The van der Waals surface area contributed by atoms with Crippen molar-refractivity contribution in [3.05, 3.63) is 52.6 Å². The lowest BCUT2D eigenvalue weighted by atomic mass is 10.1. The van der Waals surface area contributed by atoms with Crippen molar-refractivity contribution in [1.29, 1.82) is 0 Å². The van der Waals surface area contributed by atoms with Crippen LogP contribution in [0.15, 0.2) is 41.4 Å². The summed E-state index contributed by atoms with van der Waals surface area (Å²) in [7, 11) is 0. The molecular weight excluding hydrogens is 266 g/mol. The topological polar surface area (TPSA) is 29.9 Å². The normalized spacial score (nSPS) is 15.0. The van der Waals surface area contributed by atoms with Crippen LogP contribution in [0.5, 0.6) is 0 Å². The molecule has 0 unspecified atom stereocenters. The van der Waals surface area contributed by atoms with Crippen molar-refractivity contribution in [3.63, 3.8) is 0 Å². The van der Waals surface area contributed by atoms with Crippen LogP contribution in [0.4, 0.5) is 0 Å². The molecule has 20 heavy (non-hydrogen) atoms. The summed E-state index contributed by atoms with van der Waals surface area (Å²) in [5.74, 6) is 0. The molecule has 0 amide bonds. The first kappa shape index (κ1) is 12.1. The molecule has 1 aliphatic carbocycles. The van der Waals surface area contributed by atoms with Crippen LogP contribution in [-0.2, 0) is 13.1 Å². The Morgan fingerprint density at radius 2 is 2.25 bits per heavy atom. The van der Waals surface area contributed by atoms with Crippen LogP contribution in [0.1, 0.15) is 24.1 Å². The maximum atomic E-state index is 4.37. The molecule has 0 atom stereocenters. The van der Waals surface area contributed by atoms with Gasteiger partial charge in [0.05, 0.1) is 17.7 Å². The van der Waals surface area contributed by atoms with Crippen LogP contribution in [0.2, 0.25) is 0 Å². The van der Waals surface area contributed by atoms with Gasteiger partial charge in [-0.2, -0.15) is 0 Å². The molecule has 0 radical (unpaired) electrons. The van der Waals surface area contributed by atoms with Crippen molar-refractivity contribution < 1.29 is 0 Å². The van der Waals surface area contributed by atoms with E-state index in [4.69, 9.17) is 0 Å². The third kappa shape index (κ3) is 2.49. The van der Waals surface area contributed by atoms with Gasteiger partial charge in [0.25, 0.3) is 0 Å². The predicted octanol–water partition coefficient (Wildman–Crippen LogP) is 3.40. The molecule has 1 saturated carbocycles. The number of thiazole rings is 1. The molecular formula is C16H17N3S. The van der Waals surface area contributed by atoms with Gasteiger partial charge in [0.1, 0.15) is 0 Å². The lowest BCUT2D eigenvalue weighted by molar-refractivity contribution is 0.688. The number of rotatable bonds is 5. The standard InChI is InChI=1S/C16H17N3S/c1-2-13-5-6-19(9-15-10-20-11-18-15)16(13)7-12(1)8-17-14-3-4-14/h1-2,5-7,10-11,14,17H,3-4,8-9H2. The Balaban J connectivity index is 1.61. The van der Waals surface area contributed by atoms with Gasteiger partial charge in [-0.25, -0.2) is 4.98 Å². The van der Waals surface area contributed by atoms with Gasteiger partial charge >= 0.3 is 0 Å². The zero-order valence-electron chi connectivity index (χ0n) is 11.2. The van der Waals surface area contributed by atoms with Crippen LogP contribution < -0.4 is 5.32 Å². The molecule has 102 valence electrons. The fourth-order valence-corrected chi connectivity index (χ4v) is 3.07. The van der Waals surface area contributed by atoms with Gasteiger partial charge in [0.2, 0.25) is 0 Å². The van der Waals surface area contributed by atoms with Gasteiger partial charge in [-0.3, -0.25) is 0 Å². The lowest BCUT2D eigenvalue weighted by Gasteiger charge is -2.06. The lowest BCUT2D eigenvalue weighted by Crippen LogP contribution is -2.15. The SMILES string of the molecule is c1nc(Cn2ccc3ccc(CNC4CC4)cc32)cs1. The Kier molecular flexibility index (Phi) is 3.05. The van der Waals surface area contributed by atoms with Crippen LogP contribution >= 0.6 is 11.3 Å². The van der Waals surface area contributed by atoms with Gasteiger partial charge < -0.3 is 9.88 Å². The van der Waals surface area contributed by atoms with Crippen LogP contribution in [-0.4, -0.2) is 15.6 Å². The molecule has 0 aliphatic heterocycles. The Hall–Kier alpha value is -1.65. The number of nitrogens with zero attached hydrogens (tertiary/aromatic N) is 2. The number of benzene rings is 1. The summed E-state index contributed by atoms with van der Waals surface area (Å²) in [6.07, 6.45) is 4.83. The van der Waals surface area contributed by atoms with E-state index in [0.717, 1.165) is 24.8 Å². The van der Waals surface area contributed by atoms with E-state index in [1.807, 2.05) is 5.51 Å². The van der Waals surface area contributed by atoms with E-state index in [2.05, 4.69) is 50.7 Å². The summed E-state index contributed by atoms with van der Waals surface area (Å²) in [5.41, 5.74) is 5.69. The van der Waals surface area contributed by atoms with Gasteiger partial charge in [-0.15, -0.1) is 11.3 Å². The summed E-state index contributed by atoms with van der Waals surface area (Å²) in [6, 6.07) is 9.69. The number of hydrogen-bond donors (Lipinski definition) is 1. The maximum absolute atomic E-state index is 4.37. The third-order valence-electron chi connectivity index (χ3n) is 3.83. The van der Waals surface area contributed by atoms with E-state index in [-0.39, 0.29) is 0 Å². The average molecular weight is 283 g/mol. The summed E-state index contributed by atoms with van der Waals surface area (Å²) >= 11 is 1.65. The molecule has 1 aromatic carbocycles. The molecule has 3 aromatic rings. The van der Waals surface area contributed by atoms with Gasteiger partial charge in [-0.1, -0.05) is 12.1 Å². The van der Waals surface area contributed by atoms with Gasteiger partial charge in [0.15, 0.2) is 0 Å². The van der Waals surface area contributed by atoms with Gasteiger partial charge in [0, 0.05) is 29.7 Å². The molecule has 2 aromatic heterocycles. The number of nitrogens with one attached hydrogen (secondary N) is 1. The highest BCUT2D eigenvalue weighted by molar-refractivity contribution is 7.07. The second kappa shape index (κ2) is 5.04. The second-order valence-corrected chi connectivity index (χ2v) is 6.19. The van der Waals surface area contributed by atoms with E-state index in [1.54, 1.807) is 11.3 Å². The van der Waals surface area contributed by atoms with E-state index in [0.29, 0.717) is 0 Å². The molecule has 1 N–H and O–H groups in total. The van der Waals surface area contributed by atoms with Crippen molar-refractivity contribution in [1.82, 2.24) is 14.9 Å². The number of fused-ring (bicyclic) bond motifs is 1. The largest absolute Gasteiger partial charge is 0.341 e. The summed E-state index contributed by atoms with van der Waals surface area (Å²) in [6.45, 7) is 1.83. The van der Waals surface area contributed by atoms with Crippen LogP contribution in [0.3, 0.4) is 0 Å². The minimum absolute atomic E-state index is 0.757. The van der Waals surface area contributed by atoms with E-state index in [9.17, 15) is 0 Å². The minimum atomic E-state index is 0.757. The molecule has 4 heteroatoms. The van der Waals surface area contributed by atoms with E-state index < -0.39 is 0 Å². The van der Waals surface area contributed by atoms with Crippen LogP contribution in [0, 0.1) is 0 Å². The highest BCUT2D eigenvalue weighted by Gasteiger charge is 2.19. The highest BCUT2D eigenvalue weighted by atomic mass is 32.1. The molecule has 3 nitrogen and oxygen atoms in total. The molecule has 0 saturated heterocycles. The molecule has 0 bridgehead atoms. The minimum Gasteiger partial charge on any atom is -0.341 e. The van der Waals surface area contributed by atoms with Crippen molar-refractivity contribution in [2.75, 3.05) is 0 Å². The molecule has 0 spiro atoms. The Bertz CT molecular complexity index is 710. The van der Waals surface area contributed by atoms with Crippen molar-refractivity contribution in [3.8, 4) is 0 Å². The molecule has 2 heterocycles. The monoisotopic (exact) mass is 283 g/mol. The van der Waals surface area contributed by atoms with E-state index >= 15 is 0 Å². The first-order valence-corrected chi connectivity index (χ1v) is 8.01. The fraction of sp³-hybridized carbons (Fsp3) is 0.312.